The Kier molecular flexibility index (Phi) is 6.00. The molecule has 2 N–H and O–H groups in total. The second-order valence-corrected chi connectivity index (χ2v) is 6.61. The van der Waals surface area contributed by atoms with Crippen molar-refractivity contribution in [2.45, 2.75) is 6.54 Å². The van der Waals surface area contributed by atoms with Crippen molar-refractivity contribution in [3.05, 3.63) is 71.6 Å². The van der Waals surface area contributed by atoms with Crippen molar-refractivity contribution in [2.24, 2.45) is 0 Å². The minimum absolute atomic E-state index is 0.121. The SMILES string of the molecule is CN(C)CCNC(=O)c1nc(C(=O)NCc2ccc(F)cc2)n2ccccc12. The monoisotopic (exact) mass is 383 g/mol. The van der Waals surface area contributed by atoms with E-state index >= 15 is 0 Å². The molecule has 0 radical (unpaired) electrons. The van der Waals surface area contributed by atoms with E-state index in [1.54, 1.807) is 40.9 Å². The minimum Gasteiger partial charge on any atom is -0.349 e. The number of carbonyl (C=O) groups excluding carboxylic acids is 2. The number of hydrogen-bond acceptors (Lipinski definition) is 4. The molecule has 0 bridgehead atoms. The van der Waals surface area contributed by atoms with E-state index in [4.69, 9.17) is 0 Å². The van der Waals surface area contributed by atoms with Crippen LogP contribution in [0.15, 0.2) is 48.7 Å². The fourth-order valence-corrected chi connectivity index (χ4v) is 2.71. The lowest BCUT2D eigenvalue weighted by molar-refractivity contribution is 0.0939. The first-order chi connectivity index (χ1) is 13.5. The molecular formula is C20H22FN5O2. The van der Waals surface area contributed by atoms with Gasteiger partial charge in [-0.05, 0) is 43.9 Å². The van der Waals surface area contributed by atoms with Gasteiger partial charge in [0, 0.05) is 25.8 Å². The van der Waals surface area contributed by atoms with Gasteiger partial charge in [0.15, 0.2) is 5.69 Å². The average molecular weight is 383 g/mol. The maximum absolute atomic E-state index is 13.0. The van der Waals surface area contributed by atoms with E-state index in [1.165, 1.54) is 12.1 Å². The van der Waals surface area contributed by atoms with Crippen LogP contribution in [-0.4, -0.2) is 53.3 Å². The van der Waals surface area contributed by atoms with Crippen LogP contribution >= 0.6 is 0 Å². The van der Waals surface area contributed by atoms with Crippen LogP contribution in [0.3, 0.4) is 0 Å². The molecule has 0 saturated carbocycles. The van der Waals surface area contributed by atoms with Gasteiger partial charge in [-0.1, -0.05) is 18.2 Å². The summed E-state index contributed by atoms with van der Waals surface area (Å²) in [6, 6.07) is 11.2. The second kappa shape index (κ2) is 8.62. The molecule has 7 nitrogen and oxygen atoms in total. The molecule has 0 aliphatic carbocycles. The Bertz CT molecular complexity index is 982. The number of amides is 2. The van der Waals surface area contributed by atoms with Gasteiger partial charge in [0.2, 0.25) is 5.82 Å². The standard InChI is InChI=1S/C20H22FN5O2/c1-25(2)12-10-22-19(27)17-16-5-3-4-11-26(16)18(24-17)20(28)23-13-14-6-8-15(21)9-7-14/h3-9,11H,10,12-13H2,1-2H3,(H,22,27)(H,23,28). The number of fused-ring (bicyclic) bond motifs is 1. The molecule has 0 spiro atoms. The zero-order valence-electron chi connectivity index (χ0n) is 15.8. The molecule has 28 heavy (non-hydrogen) atoms. The molecule has 0 saturated heterocycles. The molecule has 1 aromatic carbocycles. The highest BCUT2D eigenvalue weighted by atomic mass is 19.1. The number of imidazole rings is 1. The number of nitrogens with one attached hydrogen (secondary N) is 2. The molecule has 3 rings (SSSR count). The van der Waals surface area contributed by atoms with E-state index in [0.717, 1.165) is 5.56 Å². The van der Waals surface area contributed by atoms with Gasteiger partial charge in [-0.3, -0.25) is 14.0 Å². The maximum atomic E-state index is 13.0. The van der Waals surface area contributed by atoms with E-state index in [-0.39, 0.29) is 29.8 Å². The maximum Gasteiger partial charge on any atom is 0.287 e. The number of rotatable bonds is 7. The first-order valence-corrected chi connectivity index (χ1v) is 8.88. The minimum atomic E-state index is -0.419. The van der Waals surface area contributed by atoms with Crippen LogP contribution in [0.4, 0.5) is 4.39 Å². The number of hydrogen-bond donors (Lipinski definition) is 2. The van der Waals surface area contributed by atoms with Gasteiger partial charge < -0.3 is 15.5 Å². The van der Waals surface area contributed by atoms with E-state index in [1.807, 2.05) is 19.0 Å². The Labute approximate surface area is 162 Å². The fraction of sp³-hybridized carbons (Fsp3) is 0.250. The Morgan fingerprint density at radius 2 is 1.82 bits per heavy atom. The predicted molar refractivity (Wildman–Crippen MR) is 104 cm³/mol. The average Bonchev–Trinajstić information content (AvgIpc) is 3.07. The molecule has 2 aromatic heterocycles. The molecule has 3 aromatic rings. The largest absolute Gasteiger partial charge is 0.349 e. The smallest absolute Gasteiger partial charge is 0.287 e. The summed E-state index contributed by atoms with van der Waals surface area (Å²) in [5.74, 6) is -0.962. The zero-order valence-corrected chi connectivity index (χ0v) is 15.8. The second-order valence-electron chi connectivity index (χ2n) is 6.61. The third-order valence-corrected chi connectivity index (χ3v) is 4.18. The number of nitrogens with zero attached hydrogens (tertiary/aromatic N) is 3. The first-order valence-electron chi connectivity index (χ1n) is 8.88. The lowest BCUT2D eigenvalue weighted by Gasteiger charge is -2.09. The number of aromatic nitrogens is 2. The lowest BCUT2D eigenvalue weighted by atomic mass is 10.2. The quantitative estimate of drug-likeness (QED) is 0.651. The normalized spacial score (nSPS) is 11.0. The summed E-state index contributed by atoms with van der Waals surface area (Å²) in [5, 5.41) is 5.57. The predicted octanol–water partition coefficient (Wildman–Crippen LogP) is 1.69. The van der Waals surface area contributed by atoms with Crippen LogP contribution in [0.25, 0.3) is 5.52 Å². The summed E-state index contributed by atoms with van der Waals surface area (Å²) in [4.78, 5) is 31.4. The van der Waals surface area contributed by atoms with Gasteiger partial charge in [-0.25, -0.2) is 9.37 Å². The Hall–Kier alpha value is -3.26. The summed E-state index contributed by atoms with van der Waals surface area (Å²) in [6.45, 7) is 1.40. The molecule has 0 atom stereocenters. The van der Waals surface area contributed by atoms with Crippen molar-refractivity contribution in [1.82, 2.24) is 24.9 Å². The Balaban J connectivity index is 1.78. The van der Waals surface area contributed by atoms with Crippen molar-refractivity contribution < 1.29 is 14.0 Å². The number of likely N-dealkylation sites (N-methyl/N-ethyl adjacent to an activating group) is 1. The molecule has 0 aliphatic heterocycles. The van der Waals surface area contributed by atoms with Gasteiger partial charge in [0.1, 0.15) is 5.82 Å². The molecule has 146 valence electrons. The number of benzene rings is 1. The summed E-state index contributed by atoms with van der Waals surface area (Å²) in [5.41, 5.74) is 1.51. The van der Waals surface area contributed by atoms with Gasteiger partial charge in [-0.2, -0.15) is 0 Å². The van der Waals surface area contributed by atoms with Gasteiger partial charge in [0.25, 0.3) is 11.8 Å². The van der Waals surface area contributed by atoms with Crippen molar-refractivity contribution >= 4 is 17.3 Å². The molecule has 0 unspecified atom stereocenters. The van der Waals surface area contributed by atoms with Crippen LogP contribution < -0.4 is 10.6 Å². The van der Waals surface area contributed by atoms with Crippen LogP contribution in [0.2, 0.25) is 0 Å². The summed E-state index contributed by atoms with van der Waals surface area (Å²) in [6.07, 6.45) is 1.69. The molecule has 0 fully saturated rings. The summed E-state index contributed by atoms with van der Waals surface area (Å²) in [7, 11) is 3.84. The lowest BCUT2D eigenvalue weighted by Crippen LogP contribution is -2.31. The molecule has 2 heterocycles. The van der Waals surface area contributed by atoms with E-state index in [0.29, 0.717) is 18.6 Å². The van der Waals surface area contributed by atoms with Crippen LogP contribution in [0.5, 0.6) is 0 Å². The van der Waals surface area contributed by atoms with Gasteiger partial charge in [0.05, 0.1) is 5.52 Å². The number of carbonyl (C=O) groups is 2. The highest BCUT2D eigenvalue weighted by molar-refractivity contribution is 6.02. The highest BCUT2D eigenvalue weighted by Gasteiger charge is 2.21. The third kappa shape index (κ3) is 4.52. The fourth-order valence-electron chi connectivity index (χ4n) is 2.71. The molecule has 0 aliphatic rings. The molecule has 8 heteroatoms. The van der Waals surface area contributed by atoms with Crippen molar-refractivity contribution in [2.75, 3.05) is 27.2 Å². The number of pyridine rings is 1. The van der Waals surface area contributed by atoms with E-state index in [2.05, 4.69) is 15.6 Å². The van der Waals surface area contributed by atoms with Crippen molar-refractivity contribution in [3.8, 4) is 0 Å². The zero-order chi connectivity index (χ0) is 20.1. The third-order valence-electron chi connectivity index (χ3n) is 4.18. The topological polar surface area (TPSA) is 78.7 Å². The van der Waals surface area contributed by atoms with E-state index < -0.39 is 5.91 Å². The van der Waals surface area contributed by atoms with Crippen molar-refractivity contribution in [1.29, 1.82) is 0 Å². The summed E-state index contributed by atoms with van der Waals surface area (Å²) >= 11 is 0. The Morgan fingerprint density at radius 1 is 1.07 bits per heavy atom. The number of halogens is 1. The van der Waals surface area contributed by atoms with Gasteiger partial charge in [-0.15, -0.1) is 0 Å². The van der Waals surface area contributed by atoms with Crippen LogP contribution in [0.1, 0.15) is 26.7 Å². The summed E-state index contributed by atoms with van der Waals surface area (Å²) < 4.78 is 14.6. The van der Waals surface area contributed by atoms with Crippen LogP contribution in [-0.2, 0) is 6.54 Å². The highest BCUT2D eigenvalue weighted by Crippen LogP contribution is 2.13. The van der Waals surface area contributed by atoms with E-state index in [9.17, 15) is 14.0 Å². The van der Waals surface area contributed by atoms with Gasteiger partial charge >= 0.3 is 0 Å². The van der Waals surface area contributed by atoms with Crippen LogP contribution in [0, 0.1) is 5.82 Å². The first kappa shape index (κ1) is 19.5. The molecular weight excluding hydrogens is 361 g/mol. The van der Waals surface area contributed by atoms with Crippen molar-refractivity contribution in [3.63, 3.8) is 0 Å². The Morgan fingerprint density at radius 3 is 2.54 bits per heavy atom. The molecule has 2 amide bonds.